The number of hydrogen-bond donors (Lipinski definition) is 1. The van der Waals surface area contributed by atoms with Gasteiger partial charge in [0.15, 0.2) is 0 Å². The van der Waals surface area contributed by atoms with Crippen LogP contribution >= 0.6 is 0 Å². The van der Waals surface area contributed by atoms with Crippen LogP contribution in [0.5, 0.6) is 0 Å². The van der Waals surface area contributed by atoms with Crippen LogP contribution in [0.15, 0.2) is 6.20 Å². The summed E-state index contributed by atoms with van der Waals surface area (Å²) in [5.41, 5.74) is 0.000625. The average molecular weight is 225 g/mol. The standard InChI is InChI=1S/C10H15N3O3/c1-13-7-8(11-12-13)6-10(9(14)15)2-4-16-5-3-10/h7H,2-6H2,1H3,(H,14,15). The van der Waals surface area contributed by atoms with Gasteiger partial charge in [0, 0.05) is 32.9 Å². The van der Waals surface area contributed by atoms with Gasteiger partial charge in [-0.05, 0) is 12.8 Å². The number of hydrogen-bond acceptors (Lipinski definition) is 4. The summed E-state index contributed by atoms with van der Waals surface area (Å²) in [7, 11) is 1.77. The molecule has 6 heteroatoms. The molecule has 2 heterocycles. The Morgan fingerprint density at radius 2 is 2.31 bits per heavy atom. The Morgan fingerprint density at radius 3 is 2.81 bits per heavy atom. The van der Waals surface area contributed by atoms with Crippen LogP contribution in [-0.2, 0) is 23.0 Å². The Hall–Kier alpha value is -1.43. The van der Waals surface area contributed by atoms with Crippen molar-refractivity contribution in [3.05, 3.63) is 11.9 Å². The van der Waals surface area contributed by atoms with Crippen LogP contribution in [0.25, 0.3) is 0 Å². The van der Waals surface area contributed by atoms with Gasteiger partial charge in [0.25, 0.3) is 0 Å². The van der Waals surface area contributed by atoms with Gasteiger partial charge in [-0.2, -0.15) is 0 Å². The fraction of sp³-hybridized carbons (Fsp3) is 0.700. The molecule has 1 aliphatic rings. The third-order valence-electron chi connectivity index (χ3n) is 3.07. The molecule has 0 aromatic carbocycles. The molecule has 1 fully saturated rings. The molecule has 88 valence electrons. The van der Waals surface area contributed by atoms with Crippen LogP contribution in [0.4, 0.5) is 0 Å². The lowest BCUT2D eigenvalue weighted by molar-refractivity contribution is -0.154. The zero-order chi connectivity index (χ0) is 11.6. The maximum absolute atomic E-state index is 11.4. The molecule has 0 unspecified atom stereocenters. The summed E-state index contributed by atoms with van der Waals surface area (Å²) in [6, 6.07) is 0. The fourth-order valence-corrected chi connectivity index (χ4v) is 2.05. The maximum atomic E-state index is 11.4. The van der Waals surface area contributed by atoms with Crippen molar-refractivity contribution in [3.63, 3.8) is 0 Å². The van der Waals surface area contributed by atoms with E-state index in [2.05, 4.69) is 10.3 Å². The molecule has 0 amide bonds. The molecule has 1 aromatic heterocycles. The zero-order valence-electron chi connectivity index (χ0n) is 9.22. The number of carboxylic acids is 1. The van der Waals surface area contributed by atoms with Gasteiger partial charge in [-0.15, -0.1) is 5.10 Å². The first kappa shape index (κ1) is 11.1. The topological polar surface area (TPSA) is 77.2 Å². The lowest BCUT2D eigenvalue weighted by atomic mass is 9.76. The van der Waals surface area contributed by atoms with Crippen LogP contribution in [0, 0.1) is 5.41 Å². The minimum absolute atomic E-state index is 0.430. The van der Waals surface area contributed by atoms with E-state index < -0.39 is 11.4 Å². The Labute approximate surface area is 93.2 Å². The van der Waals surface area contributed by atoms with Gasteiger partial charge in [0.2, 0.25) is 0 Å². The fourth-order valence-electron chi connectivity index (χ4n) is 2.05. The van der Waals surface area contributed by atoms with Gasteiger partial charge in [-0.1, -0.05) is 5.21 Å². The Bertz CT molecular complexity index is 382. The van der Waals surface area contributed by atoms with Gasteiger partial charge in [0.1, 0.15) is 0 Å². The molecule has 0 spiro atoms. The van der Waals surface area contributed by atoms with E-state index in [4.69, 9.17) is 4.74 Å². The molecule has 6 nitrogen and oxygen atoms in total. The summed E-state index contributed by atoms with van der Waals surface area (Å²) < 4.78 is 6.80. The van der Waals surface area contributed by atoms with Crippen molar-refractivity contribution in [1.29, 1.82) is 0 Å². The Morgan fingerprint density at radius 1 is 1.62 bits per heavy atom. The van der Waals surface area contributed by atoms with Crippen LogP contribution in [-0.4, -0.2) is 39.3 Å². The number of aliphatic carboxylic acids is 1. The van der Waals surface area contributed by atoms with E-state index in [0.717, 1.165) is 5.69 Å². The normalized spacial score (nSPS) is 19.6. The van der Waals surface area contributed by atoms with Crippen molar-refractivity contribution in [1.82, 2.24) is 15.0 Å². The van der Waals surface area contributed by atoms with E-state index in [0.29, 0.717) is 32.5 Å². The lowest BCUT2D eigenvalue weighted by Gasteiger charge is -2.32. The monoisotopic (exact) mass is 225 g/mol. The minimum atomic E-state index is -0.763. The van der Waals surface area contributed by atoms with E-state index in [1.54, 1.807) is 17.9 Å². The van der Waals surface area contributed by atoms with Crippen molar-refractivity contribution in [2.75, 3.05) is 13.2 Å². The number of carbonyl (C=O) groups is 1. The summed E-state index contributed by atoms with van der Waals surface area (Å²) >= 11 is 0. The molecule has 16 heavy (non-hydrogen) atoms. The number of aromatic nitrogens is 3. The first-order chi connectivity index (χ1) is 7.62. The molecule has 1 aromatic rings. The first-order valence-corrected chi connectivity index (χ1v) is 5.29. The number of ether oxygens (including phenoxy) is 1. The van der Waals surface area contributed by atoms with E-state index in [1.807, 2.05) is 0 Å². The summed E-state index contributed by atoms with van der Waals surface area (Å²) in [5.74, 6) is -0.763. The third kappa shape index (κ3) is 2.06. The predicted octanol–water partition coefficient (Wildman–Crippen LogP) is 0.239. The third-order valence-corrected chi connectivity index (χ3v) is 3.07. The smallest absolute Gasteiger partial charge is 0.310 e. The highest BCUT2D eigenvalue weighted by atomic mass is 16.5. The van der Waals surface area contributed by atoms with E-state index >= 15 is 0 Å². The number of nitrogens with zero attached hydrogens (tertiary/aromatic N) is 3. The van der Waals surface area contributed by atoms with Crippen molar-refractivity contribution in [3.8, 4) is 0 Å². The molecule has 1 saturated heterocycles. The second-order valence-corrected chi connectivity index (χ2v) is 4.26. The Kier molecular flexibility index (Phi) is 2.91. The van der Waals surface area contributed by atoms with Gasteiger partial charge < -0.3 is 9.84 Å². The van der Waals surface area contributed by atoms with Gasteiger partial charge in [-0.25, -0.2) is 0 Å². The molecule has 1 aliphatic heterocycles. The molecule has 2 rings (SSSR count). The van der Waals surface area contributed by atoms with Crippen molar-refractivity contribution >= 4 is 5.97 Å². The van der Waals surface area contributed by atoms with Crippen molar-refractivity contribution in [2.24, 2.45) is 12.5 Å². The average Bonchev–Trinajstić information content (AvgIpc) is 2.65. The molecule has 0 saturated carbocycles. The predicted molar refractivity (Wildman–Crippen MR) is 54.8 cm³/mol. The number of rotatable bonds is 3. The van der Waals surface area contributed by atoms with Gasteiger partial charge >= 0.3 is 5.97 Å². The van der Waals surface area contributed by atoms with Crippen molar-refractivity contribution in [2.45, 2.75) is 19.3 Å². The second-order valence-electron chi connectivity index (χ2n) is 4.26. The summed E-state index contributed by atoms with van der Waals surface area (Å²) in [6.07, 6.45) is 3.28. The molecule has 0 radical (unpaired) electrons. The van der Waals surface area contributed by atoms with Crippen molar-refractivity contribution < 1.29 is 14.6 Å². The highest BCUT2D eigenvalue weighted by Gasteiger charge is 2.40. The highest BCUT2D eigenvalue weighted by Crippen LogP contribution is 2.34. The van der Waals surface area contributed by atoms with Gasteiger partial charge in [0.05, 0.1) is 11.1 Å². The molecule has 1 N–H and O–H groups in total. The van der Waals surface area contributed by atoms with Crippen LogP contribution < -0.4 is 0 Å². The number of aryl methyl sites for hydroxylation is 1. The molecule has 0 atom stereocenters. The highest BCUT2D eigenvalue weighted by molar-refractivity contribution is 5.75. The molecule has 0 aliphatic carbocycles. The SMILES string of the molecule is Cn1cc(CC2(C(=O)O)CCOCC2)nn1. The molecular weight excluding hydrogens is 210 g/mol. The summed E-state index contributed by atoms with van der Waals surface area (Å²) in [6.45, 7) is 1.01. The van der Waals surface area contributed by atoms with Gasteiger partial charge in [-0.3, -0.25) is 9.48 Å². The molecule has 0 bridgehead atoms. The summed E-state index contributed by atoms with van der Waals surface area (Å²) in [5, 5.41) is 17.1. The summed E-state index contributed by atoms with van der Waals surface area (Å²) in [4.78, 5) is 11.4. The van der Waals surface area contributed by atoms with Crippen LogP contribution in [0.3, 0.4) is 0 Å². The van der Waals surface area contributed by atoms with Crippen LogP contribution in [0.2, 0.25) is 0 Å². The zero-order valence-corrected chi connectivity index (χ0v) is 9.22. The minimum Gasteiger partial charge on any atom is -0.481 e. The maximum Gasteiger partial charge on any atom is 0.310 e. The van der Waals surface area contributed by atoms with E-state index in [9.17, 15) is 9.90 Å². The van der Waals surface area contributed by atoms with E-state index in [-0.39, 0.29) is 0 Å². The largest absolute Gasteiger partial charge is 0.481 e. The lowest BCUT2D eigenvalue weighted by Crippen LogP contribution is -2.39. The quantitative estimate of drug-likeness (QED) is 0.797. The Balaban J connectivity index is 2.16. The molecular formula is C10H15N3O3. The number of carboxylic acid groups (broad SMARTS) is 1. The van der Waals surface area contributed by atoms with E-state index in [1.165, 1.54) is 0 Å². The van der Waals surface area contributed by atoms with Crippen LogP contribution in [0.1, 0.15) is 18.5 Å². The first-order valence-electron chi connectivity index (χ1n) is 5.29. The second kappa shape index (κ2) is 4.21.